The first-order valence-corrected chi connectivity index (χ1v) is 7.15. The number of hydrogen-bond acceptors (Lipinski definition) is 2. The maximum atomic E-state index is 12.2. The molecule has 0 bridgehead atoms. The Kier molecular flexibility index (Phi) is 4.97. The van der Waals surface area contributed by atoms with Crippen LogP contribution in [0.15, 0.2) is 54.6 Å². The summed E-state index contributed by atoms with van der Waals surface area (Å²) in [5, 5.41) is 0.461. The SMILES string of the molecule is Cl.Nc1ccccc1CP(=O)(O)c1ccccc1. The molecule has 0 saturated carbocycles. The molecule has 0 aliphatic heterocycles. The minimum absolute atomic E-state index is 0. The molecule has 1 unspecified atom stereocenters. The summed E-state index contributed by atoms with van der Waals surface area (Å²) in [6, 6.07) is 15.8. The summed E-state index contributed by atoms with van der Waals surface area (Å²) in [6.07, 6.45) is 0.0731. The molecule has 3 N–H and O–H groups in total. The first-order chi connectivity index (χ1) is 8.09. The van der Waals surface area contributed by atoms with Crippen LogP contribution in [0.25, 0.3) is 0 Å². The maximum Gasteiger partial charge on any atom is 0.233 e. The van der Waals surface area contributed by atoms with Gasteiger partial charge in [0.15, 0.2) is 0 Å². The quantitative estimate of drug-likeness (QED) is 0.672. The van der Waals surface area contributed by atoms with E-state index in [9.17, 15) is 9.46 Å². The van der Waals surface area contributed by atoms with Crippen molar-refractivity contribution >= 4 is 30.8 Å². The van der Waals surface area contributed by atoms with Crippen molar-refractivity contribution < 1.29 is 9.46 Å². The summed E-state index contributed by atoms with van der Waals surface area (Å²) in [4.78, 5) is 10.1. The first-order valence-electron chi connectivity index (χ1n) is 5.30. The largest absolute Gasteiger partial charge is 0.398 e. The van der Waals surface area contributed by atoms with Crippen LogP contribution in [0.3, 0.4) is 0 Å². The Balaban J connectivity index is 0.00000162. The van der Waals surface area contributed by atoms with Gasteiger partial charge in [0, 0.05) is 11.0 Å². The number of halogens is 1. The zero-order valence-electron chi connectivity index (χ0n) is 9.69. The summed E-state index contributed by atoms with van der Waals surface area (Å²) in [5.74, 6) is 0. The molecular weight excluding hydrogens is 269 g/mol. The molecule has 96 valence electrons. The van der Waals surface area contributed by atoms with Gasteiger partial charge in [0.05, 0.1) is 6.16 Å². The smallest absolute Gasteiger partial charge is 0.233 e. The third-order valence-electron chi connectivity index (χ3n) is 2.60. The van der Waals surface area contributed by atoms with Crippen LogP contribution in [0.1, 0.15) is 5.56 Å². The molecule has 3 nitrogen and oxygen atoms in total. The van der Waals surface area contributed by atoms with Gasteiger partial charge in [-0.3, -0.25) is 4.57 Å². The predicted octanol–water partition coefficient (Wildman–Crippen LogP) is 2.79. The maximum absolute atomic E-state index is 12.2. The first kappa shape index (κ1) is 14.8. The second-order valence-electron chi connectivity index (χ2n) is 3.89. The van der Waals surface area contributed by atoms with Gasteiger partial charge in [0.1, 0.15) is 0 Å². The molecule has 0 saturated heterocycles. The van der Waals surface area contributed by atoms with E-state index in [1.54, 1.807) is 36.4 Å². The number of hydrogen-bond donors (Lipinski definition) is 2. The molecule has 0 spiro atoms. The molecule has 2 rings (SSSR count). The van der Waals surface area contributed by atoms with Crippen molar-refractivity contribution in [3.63, 3.8) is 0 Å². The number of para-hydroxylation sites is 1. The van der Waals surface area contributed by atoms with Crippen molar-refractivity contribution in [3.8, 4) is 0 Å². The highest BCUT2D eigenvalue weighted by molar-refractivity contribution is 7.65. The molecular formula is C13H15ClNO2P. The second kappa shape index (κ2) is 6.05. The Morgan fingerprint density at radius 2 is 1.56 bits per heavy atom. The highest BCUT2D eigenvalue weighted by Crippen LogP contribution is 2.44. The molecule has 0 radical (unpaired) electrons. The van der Waals surface area contributed by atoms with Crippen molar-refractivity contribution in [2.24, 2.45) is 0 Å². The fraction of sp³-hybridized carbons (Fsp3) is 0.0769. The van der Waals surface area contributed by atoms with E-state index in [4.69, 9.17) is 5.73 Å². The average Bonchev–Trinajstić information content (AvgIpc) is 2.33. The Labute approximate surface area is 113 Å². The van der Waals surface area contributed by atoms with E-state index in [0.29, 0.717) is 16.6 Å². The molecule has 0 fully saturated rings. The Hall–Kier alpha value is -1.28. The van der Waals surface area contributed by atoms with Crippen LogP contribution in [0, 0.1) is 0 Å². The number of benzene rings is 2. The van der Waals surface area contributed by atoms with E-state index in [-0.39, 0.29) is 18.6 Å². The van der Waals surface area contributed by atoms with Crippen LogP contribution >= 0.6 is 19.8 Å². The summed E-state index contributed by atoms with van der Waals surface area (Å²) in [5.41, 5.74) is 7.04. The highest BCUT2D eigenvalue weighted by atomic mass is 35.5. The molecule has 0 aliphatic rings. The predicted molar refractivity (Wildman–Crippen MR) is 77.7 cm³/mol. The molecule has 18 heavy (non-hydrogen) atoms. The van der Waals surface area contributed by atoms with E-state index in [1.807, 2.05) is 18.2 Å². The highest BCUT2D eigenvalue weighted by Gasteiger charge is 2.22. The van der Waals surface area contributed by atoms with Gasteiger partial charge in [-0.2, -0.15) is 0 Å². The Morgan fingerprint density at radius 3 is 2.17 bits per heavy atom. The lowest BCUT2D eigenvalue weighted by Gasteiger charge is -2.13. The van der Waals surface area contributed by atoms with Crippen LogP contribution in [-0.4, -0.2) is 4.89 Å². The molecule has 0 aliphatic carbocycles. The molecule has 2 aromatic rings. The number of nitrogens with two attached hydrogens (primary N) is 1. The van der Waals surface area contributed by atoms with Crippen molar-refractivity contribution in [2.45, 2.75) is 6.16 Å². The number of anilines is 1. The Morgan fingerprint density at radius 1 is 1.00 bits per heavy atom. The van der Waals surface area contributed by atoms with Gasteiger partial charge in [0.25, 0.3) is 0 Å². The van der Waals surface area contributed by atoms with Gasteiger partial charge in [-0.15, -0.1) is 12.4 Å². The lowest BCUT2D eigenvalue weighted by molar-refractivity contribution is 0.489. The van der Waals surface area contributed by atoms with Gasteiger partial charge in [-0.25, -0.2) is 0 Å². The van der Waals surface area contributed by atoms with Crippen LogP contribution in [-0.2, 0) is 10.7 Å². The van der Waals surface area contributed by atoms with E-state index in [2.05, 4.69) is 0 Å². The van der Waals surface area contributed by atoms with E-state index >= 15 is 0 Å². The average molecular weight is 284 g/mol. The fourth-order valence-electron chi connectivity index (χ4n) is 1.66. The zero-order chi connectivity index (χ0) is 12.3. The minimum Gasteiger partial charge on any atom is -0.398 e. The topological polar surface area (TPSA) is 63.3 Å². The van der Waals surface area contributed by atoms with E-state index in [0.717, 1.165) is 0 Å². The number of nitrogen functional groups attached to an aromatic ring is 1. The van der Waals surface area contributed by atoms with Crippen LogP contribution in [0.4, 0.5) is 5.69 Å². The van der Waals surface area contributed by atoms with Crippen molar-refractivity contribution in [1.82, 2.24) is 0 Å². The van der Waals surface area contributed by atoms with E-state index < -0.39 is 7.37 Å². The summed E-state index contributed by atoms with van der Waals surface area (Å²) in [6.45, 7) is 0. The van der Waals surface area contributed by atoms with Gasteiger partial charge in [-0.1, -0.05) is 36.4 Å². The summed E-state index contributed by atoms with van der Waals surface area (Å²) in [7, 11) is -3.37. The van der Waals surface area contributed by atoms with Gasteiger partial charge in [0.2, 0.25) is 7.37 Å². The number of rotatable bonds is 3. The van der Waals surface area contributed by atoms with Crippen molar-refractivity contribution in [1.29, 1.82) is 0 Å². The van der Waals surface area contributed by atoms with Crippen molar-refractivity contribution in [3.05, 3.63) is 60.2 Å². The molecule has 0 aromatic heterocycles. The molecule has 0 amide bonds. The molecule has 5 heteroatoms. The third-order valence-corrected chi connectivity index (χ3v) is 4.47. The Bertz CT molecular complexity index is 560. The van der Waals surface area contributed by atoms with Crippen LogP contribution < -0.4 is 11.0 Å². The van der Waals surface area contributed by atoms with E-state index in [1.165, 1.54) is 0 Å². The van der Waals surface area contributed by atoms with Gasteiger partial charge in [-0.05, 0) is 23.8 Å². The normalized spacial score (nSPS) is 13.4. The second-order valence-corrected chi connectivity index (χ2v) is 6.13. The zero-order valence-corrected chi connectivity index (χ0v) is 11.4. The lowest BCUT2D eigenvalue weighted by Crippen LogP contribution is -2.06. The van der Waals surface area contributed by atoms with Gasteiger partial charge < -0.3 is 10.6 Å². The van der Waals surface area contributed by atoms with Crippen LogP contribution in [0.5, 0.6) is 0 Å². The minimum atomic E-state index is -3.37. The monoisotopic (exact) mass is 283 g/mol. The van der Waals surface area contributed by atoms with Crippen molar-refractivity contribution in [2.75, 3.05) is 5.73 Å². The summed E-state index contributed by atoms with van der Waals surface area (Å²) < 4.78 is 12.2. The fourth-order valence-corrected chi connectivity index (χ4v) is 3.23. The van der Waals surface area contributed by atoms with Crippen LogP contribution in [0.2, 0.25) is 0 Å². The molecule has 1 atom stereocenters. The molecule has 0 heterocycles. The standard InChI is InChI=1S/C13H14NO2P.ClH/c14-13-9-5-4-6-11(13)10-17(15,16)12-7-2-1-3-8-12;/h1-9H,10,14H2,(H,15,16);1H. The molecule has 2 aromatic carbocycles. The summed E-state index contributed by atoms with van der Waals surface area (Å²) >= 11 is 0. The third kappa shape index (κ3) is 3.36. The van der Waals surface area contributed by atoms with Gasteiger partial charge >= 0.3 is 0 Å². The lowest BCUT2D eigenvalue weighted by atomic mass is 10.2.